The lowest BCUT2D eigenvalue weighted by Crippen LogP contribution is -2.04. The van der Waals surface area contributed by atoms with Gasteiger partial charge in [-0.25, -0.2) is 9.97 Å². The number of hydrogen-bond donors (Lipinski definition) is 1. The zero-order chi connectivity index (χ0) is 13.4. The van der Waals surface area contributed by atoms with Crippen LogP contribution in [-0.2, 0) is 6.42 Å². The van der Waals surface area contributed by atoms with Crippen LogP contribution in [0.1, 0.15) is 19.7 Å². The molecule has 0 atom stereocenters. The minimum atomic E-state index is 0.579. The number of benzene rings is 1. The maximum Gasteiger partial charge on any atom is 0.152 e. The monoisotopic (exact) mass is 254 g/mol. The third-order valence-electron chi connectivity index (χ3n) is 3.26. The van der Waals surface area contributed by atoms with E-state index in [0.29, 0.717) is 5.92 Å². The third kappa shape index (κ3) is 1.93. The van der Waals surface area contributed by atoms with Crippen LogP contribution in [0.3, 0.4) is 0 Å². The van der Waals surface area contributed by atoms with Crippen LogP contribution in [0.25, 0.3) is 16.6 Å². The quantitative estimate of drug-likeness (QED) is 0.781. The van der Waals surface area contributed by atoms with Gasteiger partial charge in [0, 0.05) is 13.5 Å². The maximum absolute atomic E-state index is 4.64. The topological polar surface area (TPSA) is 42.2 Å². The van der Waals surface area contributed by atoms with Crippen molar-refractivity contribution in [2.75, 3.05) is 12.4 Å². The molecule has 0 saturated heterocycles. The summed E-state index contributed by atoms with van der Waals surface area (Å²) in [6, 6.07) is 8.19. The van der Waals surface area contributed by atoms with E-state index in [2.05, 4.69) is 39.6 Å². The molecule has 3 aromatic rings. The molecule has 98 valence electrons. The summed E-state index contributed by atoms with van der Waals surface area (Å²) in [6.45, 7) is 4.42. The van der Waals surface area contributed by atoms with Crippen LogP contribution in [0.4, 0.5) is 5.82 Å². The summed E-state index contributed by atoms with van der Waals surface area (Å²) in [5, 5.41) is 3.16. The third-order valence-corrected chi connectivity index (χ3v) is 3.26. The average molecular weight is 254 g/mol. The molecule has 0 fully saturated rings. The average Bonchev–Trinajstić information content (AvgIpc) is 2.81. The van der Waals surface area contributed by atoms with E-state index in [1.165, 1.54) is 0 Å². The first-order chi connectivity index (χ1) is 9.20. The van der Waals surface area contributed by atoms with Gasteiger partial charge in [0.05, 0.1) is 17.2 Å². The zero-order valence-electron chi connectivity index (χ0n) is 11.5. The van der Waals surface area contributed by atoms with Crippen molar-refractivity contribution in [3.05, 3.63) is 36.3 Å². The Morgan fingerprint density at radius 1 is 1.21 bits per heavy atom. The van der Waals surface area contributed by atoms with E-state index in [1.807, 2.05) is 31.4 Å². The molecule has 0 aliphatic heterocycles. The van der Waals surface area contributed by atoms with Crippen molar-refractivity contribution in [1.82, 2.24) is 14.4 Å². The minimum absolute atomic E-state index is 0.579. The summed E-state index contributed by atoms with van der Waals surface area (Å²) in [7, 11) is 1.90. The molecule has 0 radical (unpaired) electrons. The van der Waals surface area contributed by atoms with Gasteiger partial charge in [-0.3, -0.25) is 4.40 Å². The predicted octanol–water partition coefficient (Wildman–Crippen LogP) is 3.12. The van der Waals surface area contributed by atoms with Crippen LogP contribution in [0.2, 0.25) is 0 Å². The second-order valence-corrected chi connectivity index (χ2v) is 5.19. The molecule has 1 N–H and O–H groups in total. The molecule has 4 heteroatoms. The van der Waals surface area contributed by atoms with Gasteiger partial charge in [0.15, 0.2) is 5.82 Å². The molecular formula is C15H18N4. The fraction of sp³-hybridized carbons (Fsp3) is 0.333. The number of para-hydroxylation sites is 2. The zero-order valence-corrected chi connectivity index (χ0v) is 11.5. The Balaban J connectivity index is 2.39. The summed E-state index contributed by atoms with van der Waals surface area (Å²) in [6.07, 6.45) is 2.87. The van der Waals surface area contributed by atoms with Crippen LogP contribution in [0.15, 0.2) is 30.5 Å². The smallest absolute Gasteiger partial charge is 0.152 e. The standard InChI is InChI=1S/C15H18N4/c1-10(2)8-14-17-9-13-15(16-3)18-11-6-4-5-7-12(11)19(13)14/h4-7,9-10H,8H2,1-3H3,(H,16,18). The SMILES string of the molecule is CNc1nc2ccccc2n2c(CC(C)C)ncc12. The molecule has 0 aliphatic rings. The van der Waals surface area contributed by atoms with E-state index < -0.39 is 0 Å². The Kier molecular flexibility index (Phi) is 2.85. The molecule has 3 rings (SSSR count). The molecule has 19 heavy (non-hydrogen) atoms. The molecule has 0 unspecified atom stereocenters. The number of aromatic nitrogens is 3. The molecule has 1 aromatic carbocycles. The Hall–Kier alpha value is -2.10. The van der Waals surface area contributed by atoms with Gasteiger partial charge in [-0.15, -0.1) is 0 Å². The minimum Gasteiger partial charge on any atom is -0.371 e. The van der Waals surface area contributed by atoms with E-state index >= 15 is 0 Å². The van der Waals surface area contributed by atoms with Gasteiger partial charge < -0.3 is 5.32 Å². The van der Waals surface area contributed by atoms with Crippen molar-refractivity contribution >= 4 is 22.4 Å². The van der Waals surface area contributed by atoms with Crippen LogP contribution < -0.4 is 5.32 Å². The maximum atomic E-state index is 4.64. The molecule has 2 aromatic heterocycles. The number of nitrogens with zero attached hydrogens (tertiary/aromatic N) is 3. The van der Waals surface area contributed by atoms with Crippen molar-refractivity contribution in [3.63, 3.8) is 0 Å². The van der Waals surface area contributed by atoms with Gasteiger partial charge in [-0.2, -0.15) is 0 Å². The number of imidazole rings is 1. The Morgan fingerprint density at radius 2 is 2.00 bits per heavy atom. The molecular weight excluding hydrogens is 236 g/mol. The fourth-order valence-corrected chi connectivity index (χ4v) is 2.44. The Bertz CT molecular complexity index is 727. The number of fused-ring (bicyclic) bond motifs is 3. The number of rotatable bonds is 3. The van der Waals surface area contributed by atoms with Gasteiger partial charge in [-0.05, 0) is 18.1 Å². The fourth-order valence-electron chi connectivity index (χ4n) is 2.44. The summed E-state index contributed by atoms with van der Waals surface area (Å²) < 4.78 is 2.22. The summed E-state index contributed by atoms with van der Waals surface area (Å²) >= 11 is 0. The van der Waals surface area contributed by atoms with Gasteiger partial charge in [0.25, 0.3) is 0 Å². The second kappa shape index (κ2) is 4.53. The molecule has 0 amide bonds. The van der Waals surface area contributed by atoms with Gasteiger partial charge in [0.1, 0.15) is 11.3 Å². The first kappa shape index (κ1) is 12.0. The first-order valence-corrected chi connectivity index (χ1v) is 6.63. The van der Waals surface area contributed by atoms with Crippen molar-refractivity contribution in [2.24, 2.45) is 5.92 Å². The van der Waals surface area contributed by atoms with Crippen molar-refractivity contribution in [2.45, 2.75) is 20.3 Å². The van der Waals surface area contributed by atoms with Crippen LogP contribution >= 0.6 is 0 Å². The van der Waals surface area contributed by atoms with Crippen LogP contribution in [0.5, 0.6) is 0 Å². The Morgan fingerprint density at radius 3 is 2.74 bits per heavy atom. The lowest BCUT2D eigenvalue weighted by molar-refractivity contribution is 0.621. The highest BCUT2D eigenvalue weighted by Crippen LogP contribution is 2.23. The normalized spacial score (nSPS) is 11.6. The molecule has 2 heterocycles. The molecule has 0 aliphatic carbocycles. The van der Waals surface area contributed by atoms with E-state index in [-0.39, 0.29) is 0 Å². The summed E-state index contributed by atoms with van der Waals surface area (Å²) in [5.41, 5.74) is 3.14. The summed E-state index contributed by atoms with van der Waals surface area (Å²) in [5.74, 6) is 2.55. The predicted molar refractivity (Wildman–Crippen MR) is 78.6 cm³/mol. The van der Waals surface area contributed by atoms with Crippen LogP contribution in [-0.4, -0.2) is 21.4 Å². The lowest BCUT2D eigenvalue weighted by Gasteiger charge is -2.10. The molecule has 0 bridgehead atoms. The van der Waals surface area contributed by atoms with Crippen molar-refractivity contribution in [1.29, 1.82) is 0 Å². The highest BCUT2D eigenvalue weighted by Gasteiger charge is 2.12. The number of hydrogen-bond acceptors (Lipinski definition) is 3. The van der Waals surface area contributed by atoms with E-state index in [0.717, 1.165) is 34.6 Å². The highest BCUT2D eigenvalue weighted by atomic mass is 15.1. The highest BCUT2D eigenvalue weighted by molar-refractivity contribution is 5.84. The number of anilines is 1. The first-order valence-electron chi connectivity index (χ1n) is 6.63. The molecule has 4 nitrogen and oxygen atoms in total. The Labute approximate surface area is 112 Å². The van der Waals surface area contributed by atoms with Crippen molar-refractivity contribution < 1.29 is 0 Å². The second-order valence-electron chi connectivity index (χ2n) is 5.19. The van der Waals surface area contributed by atoms with Gasteiger partial charge in [-0.1, -0.05) is 26.0 Å². The molecule has 0 saturated carbocycles. The molecule has 0 spiro atoms. The van der Waals surface area contributed by atoms with Crippen molar-refractivity contribution in [3.8, 4) is 0 Å². The largest absolute Gasteiger partial charge is 0.371 e. The van der Waals surface area contributed by atoms with E-state index in [4.69, 9.17) is 0 Å². The van der Waals surface area contributed by atoms with E-state index in [9.17, 15) is 0 Å². The summed E-state index contributed by atoms with van der Waals surface area (Å²) in [4.78, 5) is 9.22. The van der Waals surface area contributed by atoms with Gasteiger partial charge >= 0.3 is 0 Å². The van der Waals surface area contributed by atoms with E-state index in [1.54, 1.807) is 0 Å². The number of nitrogens with one attached hydrogen (secondary N) is 1. The lowest BCUT2D eigenvalue weighted by atomic mass is 10.1. The van der Waals surface area contributed by atoms with Crippen LogP contribution in [0, 0.1) is 5.92 Å². The van der Waals surface area contributed by atoms with Gasteiger partial charge in [0.2, 0.25) is 0 Å².